The van der Waals surface area contributed by atoms with Crippen molar-refractivity contribution in [3.05, 3.63) is 28.8 Å². The Kier molecular flexibility index (Phi) is 4.85. The molecule has 90 valence electrons. The number of rotatable bonds is 5. The molecule has 1 atom stereocenters. The van der Waals surface area contributed by atoms with Gasteiger partial charge in [-0.25, -0.2) is 0 Å². The van der Waals surface area contributed by atoms with Crippen molar-refractivity contribution < 1.29 is 0 Å². The molecule has 0 saturated carbocycles. The van der Waals surface area contributed by atoms with Crippen molar-refractivity contribution >= 4 is 5.69 Å². The first-order chi connectivity index (χ1) is 7.54. The van der Waals surface area contributed by atoms with Crippen molar-refractivity contribution in [2.75, 3.05) is 11.9 Å². The van der Waals surface area contributed by atoms with Crippen molar-refractivity contribution in [2.24, 2.45) is 5.92 Å². The number of benzene rings is 1. The van der Waals surface area contributed by atoms with Crippen LogP contribution in [-0.2, 0) is 0 Å². The van der Waals surface area contributed by atoms with Crippen LogP contribution >= 0.6 is 0 Å². The number of aryl methyl sites for hydroxylation is 3. The summed E-state index contributed by atoms with van der Waals surface area (Å²) in [5.41, 5.74) is 5.40. The molecule has 1 unspecified atom stereocenters. The SMILES string of the molecule is CCCC(C)CNc1c(C)cc(C)cc1C. The van der Waals surface area contributed by atoms with Gasteiger partial charge in [0.15, 0.2) is 0 Å². The normalized spacial score (nSPS) is 12.6. The highest BCUT2D eigenvalue weighted by Gasteiger charge is 2.05. The van der Waals surface area contributed by atoms with Crippen LogP contribution in [-0.4, -0.2) is 6.54 Å². The molecule has 1 heteroatoms. The highest BCUT2D eigenvalue weighted by atomic mass is 14.9. The van der Waals surface area contributed by atoms with Gasteiger partial charge in [0.25, 0.3) is 0 Å². The van der Waals surface area contributed by atoms with Crippen LogP contribution in [0.1, 0.15) is 43.4 Å². The highest BCUT2D eigenvalue weighted by molar-refractivity contribution is 5.58. The topological polar surface area (TPSA) is 12.0 Å². The third kappa shape index (κ3) is 3.55. The second-order valence-electron chi connectivity index (χ2n) is 5.05. The molecule has 0 saturated heterocycles. The lowest BCUT2D eigenvalue weighted by Gasteiger charge is -2.17. The van der Waals surface area contributed by atoms with E-state index in [-0.39, 0.29) is 0 Å². The molecule has 1 rings (SSSR count). The summed E-state index contributed by atoms with van der Waals surface area (Å²) >= 11 is 0. The minimum Gasteiger partial charge on any atom is -0.384 e. The van der Waals surface area contributed by atoms with Gasteiger partial charge in [-0.3, -0.25) is 0 Å². The molecule has 0 fully saturated rings. The van der Waals surface area contributed by atoms with E-state index in [1.54, 1.807) is 0 Å². The summed E-state index contributed by atoms with van der Waals surface area (Å²) < 4.78 is 0. The Labute approximate surface area is 100 Å². The molecule has 0 spiro atoms. The molecule has 1 aromatic rings. The summed E-state index contributed by atoms with van der Waals surface area (Å²) in [7, 11) is 0. The molecular formula is C15H25N. The summed E-state index contributed by atoms with van der Waals surface area (Å²) in [5, 5.41) is 3.59. The van der Waals surface area contributed by atoms with Crippen molar-refractivity contribution in [2.45, 2.75) is 47.5 Å². The van der Waals surface area contributed by atoms with Crippen molar-refractivity contribution in [1.29, 1.82) is 0 Å². The molecule has 1 N–H and O–H groups in total. The van der Waals surface area contributed by atoms with Crippen LogP contribution in [0.4, 0.5) is 5.69 Å². The zero-order valence-electron chi connectivity index (χ0n) is 11.4. The van der Waals surface area contributed by atoms with Crippen molar-refractivity contribution in [3.63, 3.8) is 0 Å². The fourth-order valence-electron chi connectivity index (χ4n) is 2.33. The van der Waals surface area contributed by atoms with E-state index in [0.717, 1.165) is 12.5 Å². The zero-order chi connectivity index (χ0) is 12.1. The van der Waals surface area contributed by atoms with Gasteiger partial charge in [0.05, 0.1) is 0 Å². The number of hydrogen-bond donors (Lipinski definition) is 1. The van der Waals surface area contributed by atoms with Gasteiger partial charge < -0.3 is 5.32 Å². The Morgan fingerprint density at radius 3 is 2.19 bits per heavy atom. The summed E-state index contributed by atoms with van der Waals surface area (Å²) in [4.78, 5) is 0. The largest absolute Gasteiger partial charge is 0.384 e. The molecule has 0 aliphatic heterocycles. The van der Waals surface area contributed by atoms with Crippen LogP contribution in [0.5, 0.6) is 0 Å². The Morgan fingerprint density at radius 1 is 1.12 bits per heavy atom. The van der Waals surface area contributed by atoms with E-state index >= 15 is 0 Å². The fraction of sp³-hybridized carbons (Fsp3) is 0.600. The predicted octanol–water partition coefficient (Wildman–Crippen LogP) is 4.46. The predicted molar refractivity (Wildman–Crippen MR) is 73.2 cm³/mol. The van der Waals surface area contributed by atoms with E-state index < -0.39 is 0 Å². The lowest BCUT2D eigenvalue weighted by molar-refractivity contribution is 0.550. The second-order valence-corrected chi connectivity index (χ2v) is 5.05. The Bertz CT molecular complexity index is 318. The maximum absolute atomic E-state index is 3.59. The summed E-state index contributed by atoms with van der Waals surface area (Å²) in [6.45, 7) is 12.2. The minimum atomic E-state index is 0.755. The summed E-state index contributed by atoms with van der Waals surface area (Å²) in [6.07, 6.45) is 2.58. The molecule has 16 heavy (non-hydrogen) atoms. The lowest BCUT2D eigenvalue weighted by atomic mass is 10.0. The minimum absolute atomic E-state index is 0.755. The first-order valence-electron chi connectivity index (χ1n) is 6.36. The highest BCUT2D eigenvalue weighted by Crippen LogP contribution is 2.22. The quantitative estimate of drug-likeness (QED) is 0.771. The fourth-order valence-corrected chi connectivity index (χ4v) is 2.33. The molecule has 0 aliphatic rings. The van der Waals surface area contributed by atoms with Crippen molar-refractivity contribution in [1.82, 2.24) is 0 Å². The number of anilines is 1. The van der Waals surface area contributed by atoms with Gasteiger partial charge in [0.1, 0.15) is 0 Å². The van der Waals surface area contributed by atoms with E-state index in [1.165, 1.54) is 35.2 Å². The van der Waals surface area contributed by atoms with Crippen LogP contribution in [0.25, 0.3) is 0 Å². The van der Waals surface area contributed by atoms with E-state index in [4.69, 9.17) is 0 Å². The zero-order valence-corrected chi connectivity index (χ0v) is 11.4. The smallest absolute Gasteiger partial charge is 0.0399 e. The molecule has 1 nitrogen and oxygen atoms in total. The lowest BCUT2D eigenvalue weighted by Crippen LogP contribution is -2.12. The summed E-state index contributed by atoms with van der Waals surface area (Å²) in [6, 6.07) is 4.50. The molecule has 0 aliphatic carbocycles. The van der Waals surface area contributed by atoms with Gasteiger partial charge >= 0.3 is 0 Å². The van der Waals surface area contributed by atoms with Gasteiger partial charge in [0, 0.05) is 12.2 Å². The van der Waals surface area contributed by atoms with Crippen LogP contribution in [0, 0.1) is 26.7 Å². The van der Waals surface area contributed by atoms with Crippen LogP contribution in [0.2, 0.25) is 0 Å². The van der Waals surface area contributed by atoms with Gasteiger partial charge in [-0.05, 0) is 44.2 Å². The van der Waals surface area contributed by atoms with Crippen LogP contribution < -0.4 is 5.32 Å². The first-order valence-corrected chi connectivity index (χ1v) is 6.36. The molecule has 0 bridgehead atoms. The van der Waals surface area contributed by atoms with E-state index in [9.17, 15) is 0 Å². The Morgan fingerprint density at radius 2 is 1.69 bits per heavy atom. The molecule has 0 heterocycles. The Balaban J connectivity index is 2.67. The third-order valence-corrected chi connectivity index (χ3v) is 3.09. The Hall–Kier alpha value is -0.980. The average Bonchev–Trinajstić information content (AvgIpc) is 2.16. The number of nitrogens with one attached hydrogen (secondary N) is 1. The van der Waals surface area contributed by atoms with Gasteiger partial charge in [0.2, 0.25) is 0 Å². The average molecular weight is 219 g/mol. The van der Waals surface area contributed by atoms with E-state index in [1.807, 2.05) is 0 Å². The van der Waals surface area contributed by atoms with Crippen LogP contribution in [0.15, 0.2) is 12.1 Å². The van der Waals surface area contributed by atoms with Crippen LogP contribution in [0.3, 0.4) is 0 Å². The van der Waals surface area contributed by atoms with E-state index in [2.05, 4.69) is 52.1 Å². The molecule has 0 aromatic heterocycles. The maximum atomic E-state index is 3.59. The maximum Gasteiger partial charge on any atom is 0.0399 e. The molecular weight excluding hydrogens is 194 g/mol. The van der Waals surface area contributed by atoms with Crippen molar-refractivity contribution in [3.8, 4) is 0 Å². The first kappa shape index (κ1) is 13.1. The summed E-state index contributed by atoms with van der Waals surface area (Å²) in [5.74, 6) is 0.755. The molecule has 0 radical (unpaired) electrons. The van der Waals surface area contributed by atoms with Gasteiger partial charge in [-0.1, -0.05) is 38.0 Å². The van der Waals surface area contributed by atoms with Gasteiger partial charge in [-0.15, -0.1) is 0 Å². The monoisotopic (exact) mass is 219 g/mol. The molecule has 1 aromatic carbocycles. The molecule has 0 amide bonds. The van der Waals surface area contributed by atoms with E-state index in [0.29, 0.717) is 0 Å². The second kappa shape index (κ2) is 5.93. The number of hydrogen-bond acceptors (Lipinski definition) is 1. The standard InChI is InChI=1S/C15H25N/c1-6-7-11(2)10-16-15-13(4)8-12(3)9-14(15)5/h8-9,11,16H,6-7,10H2,1-5H3. The third-order valence-electron chi connectivity index (χ3n) is 3.09. The van der Waals surface area contributed by atoms with Gasteiger partial charge in [-0.2, -0.15) is 0 Å².